The molecule has 0 aliphatic carbocycles. The molecule has 0 spiro atoms. The molecule has 0 saturated carbocycles. The molecule has 0 saturated heterocycles. The second-order valence-corrected chi connectivity index (χ2v) is 4.46. The van der Waals surface area contributed by atoms with Gasteiger partial charge in [-0.2, -0.15) is 0 Å². The van der Waals surface area contributed by atoms with E-state index in [4.69, 9.17) is 9.47 Å². The van der Waals surface area contributed by atoms with Crippen LogP contribution in [0.4, 0.5) is 0 Å². The lowest BCUT2D eigenvalue weighted by atomic mass is 9.84. The molecular weight excluding hydrogens is 232 g/mol. The Hall–Kier alpha value is -1.71. The Bertz CT molecular complexity index is 424. The van der Waals surface area contributed by atoms with Crippen LogP contribution in [0.1, 0.15) is 33.3 Å². The average Bonchev–Trinajstić information content (AvgIpc) is 2.31. The van der Waals surface area contributed by atoms with Crippen LogP contribution in [0.3, 0.4) is 0 Å². The molecule has 4 heteroatoms. The maximum atomic E-state index is 11.2. The molecule has 1 N–H and O–H groups in total. The van der Waals surface area contributed by atoms with Gasteiger partial charge in [0.25, 0.3) is 0 Å². The third-order valence-corrected chi connectivity index (χ3v) is 2.80. The van der Waals surface area contributed by atoms with Crippen LogP contribution >= 0.6 is 0 Å². The summed E-state index contributed by atoms with van der Waals surface area (Å²) in [6.07, 6.45) is 0. The predicted octanol–water partition coefficient (Wildman–Crippen LogP) is 2.85. The number of hydrogen-bond acceptors (Lipinski definition) is 3. The molecule has 0 amide bonds. The second-order valence-electron chi connectivity index (χ2n) is 4.46. The molecule has 18 heavy (non-hydrogen) atoms. The molecule has 1 aromatic rings. The Labute approximate surface area is 108 Å². The van der Waals surface area contributed by atoms with Gasteiger partial charge in [0.15, 0.2) is 11.5 Å². The van der Waals surface area contributed by atoms with Crippen LogP contribution in [-0.2, 0) is 10.2 Å². The van der Waals surface area contributed by atoms with Gasteiger partial charge in [-0.3, -0.25) is 4.79 Å². The van der Waals surface area contributed by atoms with E-state index in [0.29, 0.717) is 30.3 Å². The molecular formula is C14H20O4. The zero-order valence-corrected chi connectivity index (χ0v) is 11.3. The third-order valence-electron chi connectivity index (χ3n) is 2.80. The summed E-state index contributed by atoms with van der Waals surface area (Å²) < 4.78 is 10.9. The van der Waals surface area contributed by atoms with Crippen molar-refractivity contribution in [3.63, 3.8) is 0 Å². The SMILES string of the molecule is CCOc1ccc(C(C)(C)C(=O)O)cc1OCC. The summed E-state index contributed by atoms with van der Waals surface area (Å²) in [4.78, 5) is 11.2. The van der Waals surface area contributed by atoms with E-state index < -0.39 is 11.4 Å². The van der Waals surface area contributed by atoms with Crippen molar-refractivity contribution in [2.75, 3.05) is 13.2 Å². The fourth-order valence-corrected chi connectivity index (χ4v) is 1.56. The Balaban J connectivity index is 3.17. The van der Waals surface area contributed by atoms with E-state index in [2.05, 4.69) is 0 Å². The minimum absolute atomic E-state index is 0.511. The first-order valence-corrected chi connectivity index (χ1v) is 6.07. The van der Waals surface area contributed by atoms with Crippen molar-refractivity contribution in [3.05, 3.63) is 23.8 Å². The molecule has 0 atom stereocenters. The lowest BCUT2D eigenvalue weighted by Crippen LogP contribution is -2.28. The Morgan fingerprint density at radius 2 is 1.72 bits per heavy atom. The molecule has 0 heterocycles. The van der Waals surface area contributed by atoms with Gasteiger partial charge in [0.05, 0.1) is 18.6 Å². The number of rotatable bonds is 6. The summed E-state index contributed by atoms with van der Waals surface area (Å²) in [5.74, 6) is 0.365. The molecule has 0 aliphatic heterocycles. The van der Waals surface area contributed by atoms with Crippen LogP contribution in [0.2, 0.25) is 0 Å². The summed E-state index contributed by atoms with van der Waals surface area (Å²) in [5, 5.41) is 9.22. The minimum Gasteiger partial charge on any atom is -0.490 e. The van der Waals surface area contributed by atoms with Crippen molar-refractivity contribution in [2.24, 2.45) is 0 Å². The van der Waals surface area contributed by atoms with E-state index in [1.54, 1.807) is 32.0 Å². The Morgan fingerprint density at radius 3 is 2.22 bits per heavy atom. The van der Waals surface area contributed by atoms with Crippen molar-refractivity contribution in [3.8, 4) is 11.5 Å². The molecule has 0 aromatic heterocycles. The fourth-order valence-electron chi connectivity index (χ4n) is 1.56. The van der Waals surface area contributed by atoms with Gasteiger partial charge in [-0.1, -0.05) is 6.07 Å². The number of carbonyl (C=O) groups is 1. The number of carboxylic acid groups (broad SMARTS) is 1. The van der Waals surface area contributed by atoms with Crippen LogP contribution in [0.25, 0.3) is 0 Å². The van der Waals surface area contributed by atoms with E-state index in [0.717, 1.165) is 0 Å². The Kier molecular flexibility index (Phi) is 4.59. The molecule has 1 aromatic carbocycles. The quantitative estimate of drug-likeness (QED) is 0.845. The number of carboxylic acids is 1. The van der Waals surface area contributed by atoms with E-state index in [1.165, 1.54) is 0 Å². The number of benzene rings is 1. The minimum atomic E-state index is -0.948. The highest BCUT2D eigenvalue weighted by Gasteiger charge is 2.30. The van der Waals surface area contributed by atoms with Gasteiger partial charge in [-0.25, -0.2) is 0 Å². The second kappa shape index (κ2) is 5.76. The largest absolute Gasteiger partial charge is 0.490 e. The van der Waals surface area contributed by atoms with Crippen molar-refractivity contribution in [1.82, 2.24) is 0 Å². The molecule has 0 fully saturated rings. The standard InChI is InChI=1S/C14H20O4/c1-5-17-11-8-7-10(9-12(11)18-6-2)14(3,4)13(15)16/h7-9H,5-6H2,1-4H3,(H,15,16). The van der Waals surface area contributed by atoms with Gasteiger partial charge >= 0.3 is 5.97 Å². The van der Waals surface area contributed by atoms with Crippen molar-refractivity contribution < 1.29 is 19.4 Å². The number of aliphatic carboxylic acids is 1. The molecule has 0 unspecified atom stereocenters. The van der Waals surface area contributed by atoms with E-state index in [-0.39, 0.29) is 0 Å². The van der Waals surface area contributed by atoms with Crippen LogP contribution in [0, 0.1) is 0 Å². The van der Waals surface area contributed by atoms with E-state index in [9.17, 15) is 9.90 Å². The summed E-state index contributed by atoms with van der Waals surface area (Å²) in [7, 11) is 0. The van der Waals surface area contributed by atoms with Gasteiger partial charge < -0.3 is 14.6 Å². The summed E-state index contributed by atoms with van der Waals surface area (Å²) >= 11 is 0. The monoisotopic (exact) mass is 252 g/mol. The summed E-state index contributed by atoms with van der Waals surface area (Å²) in [6.45, 7) is 8.16. The fraction of sp³-hybridized carbons (Fsp3) is 0.500. The van der Waals surface area contributed by atoms with Gasteiger partial charge in [-0.15, -0.1) is 0 Å². The third kappa shape index (κ3) is 2.94. The van der Waals surface area contributed by atoms with E-state index >= 15 is 0 Å². The molecule has 4 nitrogen and oxygen atoms in total. The first-order valence-electron chi connectivity index (χ1n) is 6.07. The van der Waals surface area contributed by atoms with Gasteiger partial charge in [0.1, 0.15) is 0 Å². The Morgan fingerprint density at radius 1 is 1.17 bits per heavy atom. The van der Waals surface area contributed by atoms with Crippen molar-refractivity contribution in [2.45, 2.75) is 33.1 Å². The molecule has 1 rings (SSSR count). The maximum Gasteiger partial charge on any atom is 0.313 e. The van der Waals surface area contributed by atoms with Gasteiger partial charge in [-0.05, 0) is 45.4 Å². The van der Waals surface area contributed by atoms with Gasteiger partial charge in [0.2, 0.25) is 0 Å². The van der Waals surface area contributed by atoms with Crippen molar-refractivity contribution >= 4 is 5.97 Å². The number of ether oxygens (including phenoxy) is 2. The lowest BCUT2D eigenvalue weighted by molar-refractivity contribution is -0.142. The van der Waals surface area contributed by atoms with E-state index in [1.807, 2.05) is 13.8 Å². The van der Waals surface area contributed by atoms with Crippen molar-refractivity contribution in [1.29, 1.82) is 0 Å². The highest BCUT2D eigenvalue weighted by molar-refractivity contribution is 5.80. The average molecular weight is 252 g/mol. The lowest BCUT2D eigenvalue weighted by Gasteiger charge is -2.21. The molecule has 0 bridgehead atoms. The highest BCUT2D eigenvalue weighted by Crippen LogP contribution is 2.33. The van der Waals surface area contributed by atoms with Crippen LogP contribution in [-0.4, -0.2) is 24.3 Å². The first kappa shape index (κ1) is 14.4. The predicted molar refractivity (Wildman–Crippen MR) is 69.4 cm³/mol. The summed E-state index contributed by atoms with van der Waals surface area (Å²) in [6, 6.07) is 5.26. The smallest absolute Gasteiger partial charge is 0.313 e. The molecule has 0 radical (unpaired) electrons. The summed E-state index contributed by atoms with van der Waals surface area (Å²) in [5.41, 5.74) is -0.252. The zero-order valence-electron chi connectivity index (χ0n) is 11.3. The highest BCUT2D eigenvalue weighted by atomic mass is 16.5. The molecule has 100 valence electrons. The van der Waals surface area contributed by atoms with Crippen LogP contribution in [0.15, 0.2) is 18.2 Å². The zero-order chi connectivity index (χ0) is 13.8. The maximum absolute atomic E-state index is 11.2. The normalized spacial score (nSPS) is 11.1. The molecule has 0 aliphatic rings. The number of hydrogen-bond donors (Lipinski definition) is 1. The first-order chi connectivity index (χ1) is 8.43. The van der Waals surface area contributed by atoms with Gasteiger partial charge in [0, 0.05) is 0 Å². The van der Waals surface area contributed by atoms with Crippen LogP contribution in [0.5, 0.6) is 11.5 Å². The topological polar surface area (TPSA) is 55.8 Å². The van der Waals surface area contributed by atoms with Crippen LogP contribution < -0.4 is 9.47 Å².